The van der Waals surface area contributed by atoms with Crippen molar-refractivity contribution in [2.45, 2.75) is 36.0 Å². The standard InChI is InChI=1S/C22H24Br2N2O6/c1-3-31-14-7-5-4-6-13(14)25-15(27)9-32-22(30)10(2)26-20(28)16-11-8-12(17(16)21(26)29)19(24)18(11)23/h4-7,10-12,16-19H,3,8-9H2,1-2H3,(H,25,27)/t10-,11+,12+,16-,17+,18-,19+/m0/s1. The molecule has 7 atom stereocenters. The van der Waals surface area contributed by atoms with Gasteiger partial charge >= 0.3 is 5.97 Å². The van der Waals surface area contributed by atoms with Crippen LogP contribution in [0, 0.1) is 23.7 Å². The van der Waals surface area contributed by atoms with E-state index in [1.54, 1.807) is 24.3 Å². The molecule has 2 saturated carbocycles. The van der Waals surface area contributed by atoms with Crippen LogP contribution in [0.2, 0.25) is 0 Å². The first-order valence-corrected chi connectivity index (χ1v) is 12.4. The molecule has 32 heavy (non-hydrogen) atoms. The van der Waals surface area contributed by atoms with Crippen molar-refractivity contribution < 1.29 is 28.7 Å². The van der Waals surface area contributed by atoms with Crippen LogP contribution >= 0.6 is 31.9 Å². The molecular formula is C22H24Br2N2O6. The lowest BCUT2D eigenvalue weighted by Crippen LogP contribution is -2.45. The Kier molecular flexibility index (Phi) is 6.63. The van der Waals surface area contributed by atoms with Gasteiger partial charge in [-0.3, -0.25) is 19.3 Å². The number of hydrogen-bond acceptors (Lipinski definition) is 6. The number of benzene rings is 1. The summed E-state index contributed by atoms with van der Waals surface area (Å²) in [4.78, 5) is 52.2. The normalized spacial score (nSPS) is 31.4. The topological polar surface area (TPSA) is 102 Å². The number of likely N-dealkylation sites (tertiary alicyclic amines) is 1. The average Bonchev–Trinajstić information content (AvgIpc) is 3.38. The zero-order valence-electron chi connectivity index (χ0n) is 17.6. The molecule has 1 aliphatic heterocycles. The first kappa shape index (κ1) is 23.2. The number of anilines is 1. The fraction of sp³-hybridized carbons (Fsp3) is 0.545. The summed E-state index contributed by atoms with van der Waals surface area (Å²) in [6.07, 6.45) is 0.814. The fourth-order valence-corrected chi connectivity index (χ4v) is 7.03. The van der Waals surface area contributed by atoms with Gasteiger partial charge in [-0.15, -0.1) is 0 Å². The molecule has 0 aromatic heterocycles. The number of carbonyl (C=O) groups excluding carboxylic acids is 4. The number of nitrogens with one attached hydrogen (secondary N) is 1. The Morgan fingerprint density at radius 1 is 1.12 bits per heavy atom. The van der Waals surface area contributed by atoms with Crippen LogP contribution in [-0.4, -0.2) is 57.5 Å². The molecule has 1 aromatic rings. The molecule has 1 aromatic carbocycles. The molecule has 10 heteroatoms. The number of amides is 3. The molecule has 172 valence electrons. The predicted octanol–water partition coefficient (Wildman–Crippen LogP) is 2.73. The Bertz CT molecular complexity index is 924. The predicted molar refractivity (Wildman–Crippen MR) is 123 cm³/mol. The number of nitrogens with zero attached hydrogens (tertiary/aromatic N) is 1. The monoisotopic (exact) mass is 570 g/mol. The van der Waals surface area contributed by atoms with Crippen molar-refractivity contribution in [3.63, 3.8) is 0 Å². The van der Waals surface area contributed by atoms with Gasteiger partial charge in [-0.25, -0.2) is 4.79 Å². The van der Waals surface area contributed by atoms with E-state index in [2.05, 4.69) is 37.2 Å². The van der Waals surface area contributed by atoms with Crippen LogP contribution in [0.3, 0.4) is 0 Å². The van der Waals surface area contributed by atoms with Gasteiger partial charge in [-0.05, 0) is 44.2 Å². The van der Waals surface area contributed by atoms with Crippen LogP contribution in [0.5, 0.6) is 5.75 Å². The van der Waals surface area contributed by atoms with E-state index < -0.39 is 36.4 Å². The van der Waals surface area contributed by atoms with Crippen molar-refractivity contribution >= 4 is 61.2 Å². The highest BCUT2D eigenvalue weighted by atomic mass is 79.9. The number of imide groups is 1. The smallest absolute Gasteiger partial charge is 0.329 e. The van der Waals surface area contributed by atoms with Gasteiger partial charge in [0.1, 0.15) is 11.8 Å². The van der Waals surface area contributed by atoms with E-state index in [9.17, 15) is 19.2 Å². The Labute approximate surface area is 202 Å². The first-order valence-electron chi connectivity index (χ1n) is 10.6. The first-order chi connectivity index (χ1) is 15.3. The molecule has 1 heterocycles. The fourth-order valence-electron chi connectivity index (χ4n) is 5.15. The Balaban J connectivity index is 1.36. The molecule has 0 radical (unpaired) electrons. The summed E-state index contributed by atoms with van der Waals surface area (Å²) in [6.45, 7) is 3.19. The van der Waals surface area contributed by atoms with Gasteiger partial charge in [0.15, 0.2) is 6.61 Å². The molecule has 0 spiro atoms. The maximum absolute atomic E-state index is 13.0. The molecule has 0 unspecified atom stereocenters. The molecule has 2 bridgehead atoms. The summed E-state index contributed by atoms with van der Waals surface area (Å²) < 4.78 is 10.6. The molecular weight excluding hydrogens is 548 g/mol. The van der Waals surface area contributed by atoms with E-state index in [1.807, 2.05) is 6.92 Å². The number of carbonyl (C=O) groups is 4. The maximum Gasteiger partial charge on any atom is 0.329 e. The van der Waals surface area contributed by atoms with Crippen molar-refractivity contribution in [3.8, 4) is 5.75 Å². The summed E-state index contributed by atoms with van der Waals surface area (Å²) >= 11 is 7.28. The zero-order chi connectivity index (χ0) is 23.2. The van der Waals surface area contributed by atoms with Gasteiger partial charge in [0.2, 0.25) is 11.8 Å². The van der Waals surface area contributed by atoms with Crippen molar-refractivity contribution in [1.82, 2.24) is 4.90 Å². The maximum atomic E-state index is 13.0. The van der Waals surface area contributed by atoms with Crippen LogP contribution in [0.25, 0.3) is 0 Å². The minimum absolute atomic E-state index is 0.0650. The summed E-state index contributed by atoms with van der Waals surface area (Å²) in [5.74, 6) is -2.16. The summed E-state index contributed by atoms with van der Waals surface area (Å²) in [6, 6.07) is 5.83. The number of hydrogen-bond donors (Lipinski definition) is 1. The van der Waals surface area contributed by atoms with Crippen LogP contribution in [0.4, 0.5) is 5.69 Å². The molecule has 3 amide bonds. The lowest BCUT2D eigenvalue weighted by atomic mass is 9.81. The van der Waals surface area contributed by atoms with Crippen LogP contribution < -0.4 is 10.1 Å². The average molecular weight is 572 g/mol. The SMILES string of the molecule is CCOc1ccccc1NC(=O)COC(=O)[C@H](C)N1C(=O)[C@@H]2[C@H]3C[C@@H]([C@H](Br)[C@@H]3Br)[C@@H]2C1=O. The summed E-state index contributed by atoms with van der Waals surface area (Å²) in [5.41, 5.74) is 0.463. The van der Waals surface area contributed by atoms with E-state index in [-0.39, 0.29) is 33.3 Å². The molecule has 3 aliphatic rings. The van der Waals surface area contributed by atoms with Crippen molar-refractivity contribution in [2.75, 3.05) is 18.5 Å². The second-order valence-electron chi connectivity index (χ2n) is 8.31. The molecule has 8 nitrogen and oxygen atoms in total. The van der Waals surface area contributed by atoms with E-state index in [4.69, 9.17) is 9.47 Å². The second-order valence-corrected chi connectivity index (χ2v) is 10.4. The minimum atomic E-state index is -1.09. The van der Waals surface area contributed by atoms with Crippen molar-refractivity contribution in [1.29, 1.82) is 0 Å². The van der Waals surface area contributed by atoms with Crippen molar-refractivity contribution in [3.05, 3.63) is 24.3 Å². The molecule has 2 aliphatic carbocycles. The molecule has 3 fully saturated rings. The minimum Gasteiger partial charge on any atom is -0.492 e. The third kappa shape index (κ3) is 3.85. The number of alkyl halides is 2. The number of para-hydroxylation sites is 2. The second kappa shape index (κ2) is 9.13. The highest BCUT2D eigenvalue weighted by Gasteiger charge is 2.67. The Morgan fingerprint density at radius 2 is 1.72 bits per heavy atom. The van der Waals surface area contributed by atoms with E-state index in [1.165, 1.54) is 6.92 Å². The molecule has 4 rings (SSSR count). The molecule has 1 N–H and O–H groups in total. The van der Waals surface area contributed by atoms with Crippen LogP contribution in [0.15, 0.2) is 24.3 Å². The third-order valence-corrected chi connectivity index (χ3v) is 9.76. The van der Waals surface area contributed by atoms with Gasteiger partial charge in [-0.2, -0.15) is 0 Å². The summed E-state index contributed by atoms with van der Waals surface area (Å²) in [7, 11) is 0. The number of rotatable bonds is 7. The molecule has 1 saturated heterocycles. The lowest BCUT2D eigenvalue weighted by Gasteiger charge is -2.28. The number of fused-ring (bicyclic) bond motifs is 5. The van der Waals surface area contributed by atoms with Gasteiger partial charge in [-0.1, -0.05) is 44.0 Å². The summed E-state index contributed by atoms with van der Waals surface area (Å²) in [5, 5.41) is 2.64. The Morgan fingerprint density at radius 3 is 2.31 bits per heavy atom. The van der Waals surface area contributed by atoms with Crippen LogP contribution in [-0.2, 0) is 23.9 Å². The van der Waals surface area contributed by atoms with E-state index >= 15 is 0 Å². The van der Waals surface area contributed by atoms with Gasteiger partial charge < -0.3 is 14.8 Å². The van der Waals surface area contributed by atoms with E-state index in [0.29, 0.717) is 18.0 Å². The van der Waals surface area contributed by atoms with E-state index in [0.717, 1.165) is 11.3 Å². The van der Waals surface area contributed by atoms with Gasteiger partial charge in [0.25, 0.3) is 5.91 Å². The van der Waals surface area contributed by atoms with Gasteiger partial charge in [0, 0.05) is 9.65 Å². The largest absolute Gasteiger partial charge is 0.492 e. The highest BCUT2D eigenvalue weighted by molar-refractivity contribution is 9.12. The number of ether oxygens (including phenoxy) is 2. The quantitative estimate of drug-likeness (QED) is 0.307. The van der Waals surface area contributed by atoms with Crippen LogP contribution in [0.1, 0.15) is 20.3 Å². The number of halogens is 2. The highest BCUT2D eigenvalue weighted by Crippen LogP contribution is 2.60. The van der Waals surface area contributed by atoms with Crippen molar-refractivity contribution in [2.24, 2.45) is 23.7 Å². The third-order valence-electron chi connectivity index (χ3n) is 6.56. The Hall–Kier alpha value is -1.94. The number of esters is 1. The zero-order valence-corrected chi connectivity index (χ0v) is 20.8. The lowest BCUT2D eigenvalue weighted by molar-refractivity contribution is -0.159. The van der Waals surface area contributed by atoms with Gasteiger partial charge in [0.05, 0.1) is 24.1 Å².